The third-order valence-electron chi connectivity index (χ3n) is 5.56. The van der Waals surface area contributed by atoms with Gasteiger partial charge in [-0.1, -0.05) is 25.4 Å². The number of halogens is 1. The lowest BCUT2D eigenvalue weighted by Gasteiger charge is -2.37. The van der Waals surface area contributed by atoms with Crippen molar-refractivity contribution in [2.45, 2.75) is 33.1 Å². The standard InChI is InChI=1S/C20H27ClN4O/c1-15(7-12-26-19-3-8-22-9-4-19)16(2)17-5-10-25(11-6-17)20-23-13-18(21)14-24-20/h3-4,8-9,13-17H,5-7,10-12H2,1-2H3. The summed E-state index contributed by atoms with van der Waals surface area (Å²) < 4.78 is 5.82. The van der Waals surface area contributed by atoms with Crippen LogP contribution in [0.5, 0.6) is 5.75 Å². The van der Waals surface area contributed by atoms with Gasteiger partial charge in [0.1, 0.15) is 5.75 Å². The number of anilines is 1. The lowest BCUT2D eigenvalue weighted by atomic mass is 9.77. The molecule has 0 radical (unpaired) electrons. The summed E-state index contributed by atoms with van der Waals surface area (Å²) >= 11 is 5.87. The Bertz CT molecular complexity index is 659. The van der Waals surface area contributed by atoms with E-state index in [1.165, 1.54) is 12.8 Å². The predicted octanol–water partition coefficient (Wildman–Crippen LogP) is 4.48. The fourth-order valence-electron chi connectivity index (χ4n) is 3.62. The number of aromatic nitrogens is 3. The van der Waals surface area contributed by atoms with Gasteiger partial charge >= 0.3 is 0 Å². The van der Waals surface area contributed by atoms with Crippen molar-refractivity contribution in [2.75, 3.05) is 24.6 Å². The fourth-order valence-corrected chi connectivity index (χ4v) is 3.72. The van der Waals surface area contributed by atoms with Crippen molar-refractivity contribution >= 4 is 17.5 Å². The second kappa shape index (κ2) is 9.17. The smallest absolute Gasteiger partial charge is 0.225 e. The summed E-state index contributed by atoms with van der Waals surface area (Å²) in [5.74, 6) is 3.76. The molecule has 1 aliphatic rings. The molecule has 2 aromatic heterocycles. The molecule has 3 rings (SSSR count). The third kappa shape index (κ3) is 5.07. The van der Waals surface area contributed by atoms with Crippen LogP contribution in [0.15, 0.2) is 36.9 Å². The number of hydrogen-bond acceptors (Lipinski definition) is 5. The minimum absolute atomic E-state index is 0.583. The average Bonchev–Trinajstić information content (AvgIpc) is 2.69. The molecule has 0 amide bonds. The van der Waals surface area contributed by atoms with E-state index in [-0.39, 0.29) is 0 Å². The van der Waals surface area contributed by atoms with Gasteiger partial charge in [-0.25, -0.2) is 9.97 Å². The van der Waals surface area contributed by atoms with Crippen LogP contribution in [0.25, 0.3) is 0 Å². The first kappa shape index (κ1) is 18.9. The first-order chi connectivity index (χ1) is 12.6. The zero-order valence-corrected chi connectivity index (χ0v) is 16.3. The van der Waals surface area contributed by atoms with E-state index in [1.807, 2.05) is 12.1 Å². The van der Waals surface area contributed by atoms with Crippen LogP contribution in [0.4, 0.5) is 5.95 Å². The Morgan fingerprint density at radius 1 is 1.15 bits per heavy atom. The molecule has 140 valence electrons. The van der Waals surface area contributed by atoms with Crippen LogP contribution in [0.1, 0.15) is 33.1 Å². The van der Waals surface area contributed by atoms with Crippen LogP contribution >= 0.6 is 11.6 Å². The molecule has 26 heavy (non-hydrogen) atoms. The molecule has 3 heterocycles. The van der Waals surface area contributed by atoms with E-state index in [2.05, 4.69) is 33.7 Å². The Morgan fingerprint density at radius 2 is 1.81 bits per heavy atom. The quantitative estimate of drug-likeness (QED) is 0.715. The lowest BCUT2D eigenvalue weighted by Crippen LogP contribution is -2.37. The Hall–Kier alpha value is -1.88. The number of piperidine rings is 1. The van der Waals surface area contributed by atoms with Crippen LogP contribution in [-0.4, -0.2) is 34.6 Å². The maximum absolute atomic E-state index is 5.87. The summed E-state index contributed by atoms with van der Waals surface area (Å²) in [6, 6.07) is 3.81. The van der Waals surface area contributed by atoms with Gasteiger partial charge in [0.2, 0.25) is 5.95 Å². The second-order valence-corrected chi connectivity index (χ2v) is 7.62. The van der Waals surface area contributed by atoms with Crippen LogP contribution < -0.4 is 9.64 Å². The lowest BCUT2D eigenvalue weighted by molar-refractivity contribution is 0.186. The molecule has 0 aliphatic carbocycles. The highest BCUT2D eigenvalue weighted by atomic mass is 35.5. The van der Waals surface area contributed by atoms with Gasteiger partial charge in [0.25, 0.3) is 0 Å². The third-order valence-corrected chi connectivity index (χ3v) is 5.76. The van der Waals surface area contributed by atoms with Gasteiger partial charge in [-0.2, -0.15) is 0 Å². The van der Waals surface area contributed by atoms with Crippen molar-refractivity contribution in [3.63, 3.8) is 0 Å². The number of rotatable bonds is 7. The first-order valence-electron chi connectivity index (χ1n) is 9.39. The molecule has 0 aromatic carbocycles. The number of nitrogens with zero attached hydrogens (tertiary/aromatic N) is 4. The molecule has 1 aliphatic heterocycles. The maximum atomic E-state index is 5.87. The molecule has 0 saturated carbocycles. The van der Waals surface area contributed by atoms with Gasteiger partial charge in [-0.15, -0.1) is 0 Å². The van der Waals surface area contributed by atoms with Gasteiger partial charge in [0, 0.05) is 25.5 Å². The molecule has 1 fully saturated rings. The molecule has 6 heteroatoms. The van der Waals surface area contributed by atoms with E-state index >= 15 is 0 Å². The summed E-state index contributed by atoms with van der Waals surface area (Å²) in [5, 5.41) is 0.583. The van der Waals surface area contributed by atoms with E-state index in [0.717, 1.165) is 43.7 Å². The Balaban J connectivity index is 1.42. The summed E-state index contributed by atoms with van der Waals surface area (Å²) in [6.45, 7) is 7.51. The maximum Gasteiger partial charge on any atom is 0.225 e. The topological polar surface area (TPSA) is 51.1 Å². The van der Waals surface area contributed by atoms with Gasteiger partial charge in [-0.05, 0) is 49.1 Å². The number of ether oxygens (including phenoxy) is 1. The largest absolute Gasteiger partial charge is 0.493 e. The van der Waals surface area contributed by atoms with Crippen molar-refractivity contribution in [3.8, 4) is 5.75 Å². The van der Waals surface area contributed by atoms with Crippen LogP contribution in [0, 0.1) is 17.8 Å². The number of hydrogen-bond donors (Lipinski definition) is 0. The average molecular weight is 375 g/mol. The first-order valence-corrected chi connectivity index (χ1v) is 9.76. The van der Waals surface area contributed by atoms with Crippen molar-refractivity contribution in [2.24, 2.45) is 17.8 Å². The summed E-state index contributed by atoms with van der Waals surface area (Å²) in [7, 11) is 0. The molecule has 0 spiro atoms. The molecule has 0 bridgehead atoms. The monoisotopic (exact) mass is 374 g/mol. The van der Waals surface area contributed by atoms with E-state index in [1.54, 1.807) is 24.8 Å². The molecule has 5 nitrogen and oxygen atoms in total. The zero-order valence-electron chi connectivity index (χ0n) is 15.5. The zero-order chi connectivity index (χ0) is 18.4. The summed E-state index contributed by atoms with van der Waals surface area (Å²) in [5.41, 5.74) is 0. The molecule has 2 aromatic rings. The van der Waals surface area contributed by atoms with Crippen LogP contribution in [0.2, 0.25) is 5.02 Å². The minimum Gasteiger partial charge on any atom is -0.493 e. The van der Waals surface area contributed by atoms with Crippen LogP contribution in [0.3, 0.4) is 0 Å². The van der Waals surface area contributed by atoms with E-state index < -0.39 is 0 Å². The highest BCUT2D eigenvalue weighted by Crippen LogP contribution is 2.32. The van der Waals surface area contributed by atoms with E-state index in [0.29, 0.717) is 16.9 Å². The molecule has 2 unspecified atom stereocenters. The van der Waals surface area contributed by atoms with Gasteiger partial charge < -0.3 is 9.64 Å². The summed E-state index contributed by atoms with van der Waals surface area (Å²) in [4.78, 5) is 14.9. The van der Waals surface area contributed by atoms with Crippen molar-refractivity contribution < 1.29 is 4.74 Å². The van der Waals surface area contributed by atoms with Crippen molar-refractivity contribution in [1.82, 2.24) is 15.0 Å². The minimum atomic E-state index is 0.583. The van der Waals surface area contributed by atoms with Gasteiger partial charge in [0.15, 0.2) is 0 Å². The number of pyridine rings is 1. The SMILES string of the molecule is CC(CCOc1ccncc1)C(C)C1CCN(c2ncc(Cl)cn2)CC1. The van der Waals surface area contributed by atoms with Crippen LogP contribution in [-0.2, 0) is 0 Å². The Kier molecular flexibility index (Phi) is 6.67. The molecule has 2 atom stereocenters. The van der Waals surface area contributed by atoms with Gasteiger partial charge in [-0.3, -0.25) is 4.98 Å². The van der Waals surface area contributed by atoms with E-state index in [4.69, 9.17) is 16.3 Å². The highest BCUT2D eigenvalue weighted by Gasteiger charge is 2.28. The normalized spacial score (nSPS) is 17.7. The predicted molar refractivity (Wildman–Crippen MR) is 105 cm³/mol. The highest BCUT2D eigenvalue weighted by molar-refractivity contribution is 6.30. The second-order valence-electron chi connectivity index (χ2n) is 7.18. The van der Waals surface area contributed by atoms with E-state index in [9.17, 15) is 0 Å². The molecule has 1 saturated heterocycles. The Morgan fingerprint density at radius 3 is 2.46 bits per heavy atom. The van der Waals surface area contributed by atoms with Gasteiger partial charge in [0.05, 0.1) is 24.0 Å². The van der Waals surface area contributed by atoms with Crippen molar-refractivity contribution in [1.29, 1.82) is 0 Å². The van der Waals surface area contributed by atoms with Crippen molar-refractivity contribution in [3.05, 3.63) is 41.9 Å². The Labute approximate surface area is 160 Å². The molecular weight excluding hydrogens is 348 g/mol. The fraction of sp³-hybridized carbons (Fsp3) is 0.550. The summed E-state index contributed by atoms with van der Waals surface area (Å²) in [6.07, 6.45) is 10.3. The molecular formula is C20H27ClN4O. The molecule has 0 N–H and O–H groups in total.